The van der Waals surface area contributed by atoms with E-state index in [0.29, 0.717) is 6.61 Å². The van der Waals surface area contributed by atoms with Crippen molar-refractivity contribution in [2.75, 3.05) is 19.8 Å². The van der Waals surface area contributed by atoms with E-state index in [9.17, 15) is 4.79 Å². The van der Waals surface area contributed by atoms with Gasteiger partial charge in [-0.3, -0.25) is 0 Å². The molecule has 96 valence electrons. The Kier molecular flexibility index (Phi) is 11.7. The molecule has 0 aromatic heterocycles. The Morgan fingerprint density at radius 2 is 1.88 bits per heavy atom. The van der Waals surface area contributed by atoms with E-state index < -0.39 is 0 Å². The van der Waals surface area contributed by atoms with E-state index in [1.807, 2.05) is 6.92 Å². The molecule has 0 saturated carbocycles. The molecule has 0 bridgehead atoms. The Morgan fingerprint density at radius 3 is 2.12 bits per heavy atom. The molecule has 16 heavy (non-hydrogen) atoms. The largest absolute Gasteiger partial charge is 0.463 e. The van der Waals surface area contributed by atoms with Gasteiger partial charge in [0.1, 0.15) is 0 Å². The average molecular weight is 232 g/mol. The zero-order valence-electron chi connectivity index (χ0n) is 10.5. The molecule has 0 spiro atoms. The van der Waals surface area contributed by atoms with Gasteiger partial charge in [-0.25, -0.2) is 4.79 Å². The fourth-order valence-electron chi connectivity index (χ4n) is 0.426. The highest BCUT2D eigenvalue weighted by Crippen LogP contribution is 2.10. The van der Waals surface area contributed by atoms with Crippen LogP contribution in [0.1, 0.15) is 33.6 Å². The summed E-state index contributed by atoms with van der Waals surface area (Å²) in [4.78, 5) is 10.3. The molecule has 0 amide bonds. The smallest absolute Gasteiger partial charge is 0.330 e. The predicted octanol–water partition coefficient (Wildman–Crippen LogP) is 1.51. The van der Waals surface area contributed by atoms with Crippen LogP contribution in [0.25, 0.3) is 0 Å². The van der Waals surface area contributed by atoms with Gasteiger partial charge < -0.3 is 14.9 Å². The second kappa shape index (κ2) is 10.6. The van der Waals surface area contributed by atoms with Gasteiger partial charge in [-0.05, 0) is 6.42 Å². The second-order valence-electron chi connectivity index (χ2n) is 4.21. The Morgan fingerprint density at radius 1 is 1.38 bits per heavy atom. The van der Waals surface area contributed by atoms with Crippen LogP contribution in [0, 0.1) is 5.41 Å². The normalized spacial score (nSPS) is 10.1. The van der Waals surface area contributed by atoms with Crippen molar-refractivity contribution in [2.45, 2.75) is 33.6 Å². The highest BCUT2D eigenvalue weighted by molar-refractivity contribution is 5.81. The molecule has 0 saturated heterocycles. The third-order valence-corrected chi connectivity index (χ3v) is 1.76. The summed E-state index contributed by atoms with van der Waals surface area (Å²) in [7, 11) is 0. The van der Waals surface area contributed by atoms with Gasteiger partial charge in [-0.15, -0.1) is 0 Å². The third-order valence-electron chi connectivity index (χ3n) is 1.76. The minimum Gasteiger partial charge on any atom is -0.463 e. The van der Waals surface area contributed by atoms with Crippen molar-refractivity contribution in [3.8, 4) is 0 Å². The summed E-state index contributed by atoms with van der Waals surface area (Å²) in [5.41, 5.74) is -0.306. The van der Waals surface area contributed by atoms with Crippen LogP contribution in [0.4, 0.5) is 0 Å². The summed E-state index contributed by atoms with van der Waals surface area (Å²) in [6, 6.07) is 0. The van der Waals surface area contributed by atoms with Crippen molar-refractivity contribution in [2.24, 2.45) is 5.41 Å². The number of carbonyl (C=O) groups is 1. The monoisotopic (exact) mass is 232 g/mol. The number of aliphatic hydroxyl groups excluding tert-OH is 2. The van der Waals surface area contributed by atoms with Gasteiger partial charge in [0.2, 0.25) is 0 Å². The summed E-state index contributed by atoms with van der Waals surface area (Å²) < 4.78 is 4.67. The minimum absolute atomic E-state index is 0.0451. The Balaban J connectivity index is 0. The average Bonchev–Trinajstić information content (AvgIpc) is 2.30. The van der Waals surface area contributed by atoms with Crippen LogP contribution < -0.4 is 0 Å². The van der Waals surface area contributed by atoms with Crippen molar-refractivity contribution in [3.05, 3.63) is 12.7 Å². The van der Waals surface area contributed by atoms with E-state index in [1.54, 1.807) is 13.8 Å². The quantitative estimate of drug-likeness (QED) is 0.414. The van der Waals surface area contributed by atoms with Crippen molar-refractivity contribution >= 4 is 5.97 Å². The molecular formula is C12H24O4. The first-order chi connectivity index (χ1) is 7.43. The number of hydrogen-bond donors (Lipinski definition) is 2. The van der Waals surface area contributed by atoms with E-state index in [1.165, 1.54) is 6.08 Å². The lowest BCUT2D eigenvalue weighted by atomic mass is 9.97. The van der Waals surface area contributed by atoms with Crippen LogP contribution in [0.15, 0.2) is 12.7 Å². The maximum Gasteiger partial charge on any atom is 0.330 e. The minimum atomic E-state index is -0.330. The molecule has 0 unspecified atom stereocenters. The summed E-state index contributed by atoms with van der Waals surface area (Å²) in [6.07, 6.45) is 3.15. The highest BCUT2D eigenvalue weighted by atomic mass is 16.5. The Bertz CT molecular complexity index is 181. The molecule has 4 heteroatoms. The fraction of sp³-hybridized carbons (Fsp3) is 0.750. The first-order valence-electron chi connectivity index (χ1n) is 5.44. The predicted molar refractivity (Wildman–Crippen MR) is 64.0 cm³/mol. The zero-order valence-corrected chi connectivity index (χ0v) is 10.5. The molecular weight excluding hydrogens is 208 g/mol. The van der Waals surface area contributed by atoms with Gasteiger partial charge in [-0.1, -0.05) is 33.8 Å². The molecule has 0 radical (unpaired) electrons. The number of ether oxygens (including phenoxy) is 1. The van der Waals surface area contributed by atoms with Gasteiger partial charge in [0, 0.05) is 11.5 Å². The standard InChI is InChI=1S/C7H12O2.C5H12O2/c1-3-5-6-9-7(8)4-2;1-5(2,3-6)4-7/h4H,2-3,5-6H2,1H3;6-7H,3-4H2,1-2H3. The summed E-state index contributed by atoms with van der Waals surface area (Å²) in [5.74, 6) is -0.330. The molecule has 0 aliphatic heterocycles. The summed E-state index contributed by atoms with van der Waals surface area (Å²) in [6.45, 7) is 9.51. The lowest BCUT2D eigenvalue weighted by molar-refractivity contribution is -0.137. The summed E-state index contributed by atoms with van der Waals surface area (Å²) >= 11 is 0. The van der Waals surface area contributed by atoms with Gasteiger partial charge in [-0.2, -0.15) is 0 Å². The number of hydrogen-bond acceptors (Lipinski definition) is 4. The topological polar surface area (TPSA) is 66.8 Å². The van der Waals surface area contributed by atoms with Crippen molar-refractivity contribution in [1.29, 1.82) is 0 Å². The van der Waals surface area contributed by atoms with Crippen LogP contribution in [0.2, 0.25) is 0 Å². The van der Waals surface area contributed by atoms with Crippen LogP contribution in [-0.4, -0.2) is 36.0 Å². The molecule has 0 atom stereocenters. The molecule has 0 aromatic rings. The SMILES string of the molecule is C=CC(=O)OCCCC.CC(C)(CO)CO. The maximum atomic E-state index is 10.3. The van der Waals surface area contributed by atoms with E-state index in [2.05, 4.69) is 11.3 Å². The zero-order chi connectivity index (χ0) is 13.0. The lowest BCUT2D eigenvalue weighted by Gasteiger charge is -2.16. The molecule has 0 fully saturated rings. The molecule has 0 heterocycles. The van der Waals surface area contributed by atoms with Crippen LogP contribution >= 0.6 is 0 Å². The fourth-order valence-corrected chi connectivity index (χ4v) is 0.426. The number of unbranched alkanes of at least 4 members (excludes halogenated alkanes) is 1. The van der Waals surface area contributed by atoms with E-state index in [0.717, 1.165) is 12.8 Å². The Labute approximate surface area is 97.9 Å². The van der Waals surface area contributed by atoms with E-state index in [-0.39, 0.29) is 24.6 Å². The van der Waals surface area contributed by atoms with Gasteiger partial charge in [0.05, 0.1) is 19.8 Å². The molecule has 2 N–H and O–H groups in total. The third kappa shape index (κ3) is 13.1. The number of aliphatic hydroxyl groups is 2. The molecule has 0 aliphatic carbocycles. The number of carbonyl (C=O) groups excluding carboxylic acids is 1. The van der Waals surface area contributed by atoms with E-state index in [4.69, 9.17) is 10.2 Å². The molecule has 0 rings (SSSR count). The molecule has 0 aromatic carbocycles. The molecule has 4 nitrogen and oxygen atoms in total. The Hall–Kier alpha value is -0.870. The number of esters is 1. The van der Waals surface area contributed by atoms with Crippen LogP contribution in [-0.2, 0) is 9.53 Å². The van der Waals surface area contributed by atoms with Crippen LogP contribution in [0.5, 0.6) is 0 Å². The van der Waals surface area contributed by atoms with Gasteiger partial charge in [0.15, 0.2) is 0 Å². The summed E-state index contributed by atoms with van der Waals surface area (Å²) in [5, 5.41) is 16.9. The first-order valence-corrected chi connectivity index (χ1v) is 5.44. The van der Waals surface area contributed by atoms with E-state index >= 15 is 0 Å². The van der Waals surface area contributed by atoms with Crippen molar-refractivity contribution in [1.82, 2.24) is 0 Å². The first kappa shape index (κ1) is 17.5. The maximum absolute atomic E-state index is 10.3. The van der Waals surface area contributed by atoms with Gasteiger partial charge >= 0.3 is 5.97 Å². The second-order valence-corrected chi connectivity index (χ2v) is 4.21. The number of rotatable bonds is 6. The van der Waals surface area contributed by atoms with Crippen LogP contribution in [0.3, 0.4) is 0 Å². The van der Waals surface area contributed by atoms with Gasteiger partial charge in [0.25, 0.3) is 0 Å². The molecule has 0 aliphatic rings. The highest BCUT2D eigenvalue weighted by Gasteiger charge is 2.13. The lowest BCUT2D eigenvalue weighted by Crippen LogP contribution is -2.20. The van der Waals surface area contributed by atoms with Crippen molar-refractivity contribution in [3.63, 3.8) is 0 Å². The van der Waals surface area contributed by atoms with Crippen molar-refractivity contribution < 1.29 is 19.7 Å².